The Bertz CT molecular complexity index is 709. The van der Waals surface area contributed by atoms with Crippen molar-refractivity contribution < 1.29 is 22.4 Å². The second-order valence-electron chi connectivity index (χ2n) is 4.00. The molecule has 0 aliphatic rings. The van der Waals surface area contributed by atoms with E-state index in [1.807, 2.05) is 0 Å². The number of carbonyl (C=O) groups is 1. The Morgan fingerprint density at radius 2 is 1.91 bits per heavy atom. The van der Waals surface area contributed by atoms with Crippen LogP contribution < -0.4 is 5.32 Å². The third-order valence-electron chi connectivity index (χ3n) is 2.41. The van der Waals surface area contributed by atoms with Crippen molar-refractivity contribution in [2.24, 2.45) is 4.99 Å². The number of nitrogens with zero attached hydrogens (tertiary/aromatic N) is 2. The van der Waals surface area contributed by atoms with Crippen LogP contribution >= 0.6 is 11.6 Å². The molecule has 0 saturated heterocycles. The summed E-state index contributed by atoms with van der Waals surface area (Å²) in [5.41, 5.74) is -1.07. The third kappa shape index (κ3) is 4.04. The first-order chi connectivity index (χ1) is 10.3. The molecule has 1 amide bonds. The number of nitrogens with one attached hydrogen (secondary N) is 2. The molecule has 0 aliphatic carbocycles. The van der Waals surface area contributed by atoms with E-state index < -0.39 is 29.7 Å². The Hall–Kier alpha value is -2.42. The van der Waals surface area contributed by atoms with E-state index >= 15 is 0 Å². The molecule has 5 nitrogen and oxygen atoms in total. The molecular weight excluding hydrogens is 328 g/mol. The van der Waals surface area contributed by atoms with Crippen molar-refractivity contribution in [1.29, 1.82) is 0 Å². The Kier molecular flexibility index (Phi) is 4.45. The lowest BCUT2D eigenvalue weighted by atomic mass is 10.2. The molecule has 0 bridgehead atoms. The van der Waals surface area contributed by atoms with Crippen LogP contribution in [-0.2, 0) is 6.18 Å². The van der Waals surface area contributed by atoms with E-state index in [4.69, 9.17) is 11.6 Å². The molecule has 0 radical (unpaired) electrons. The van der Waals surface area contributed by atoms with E-state index in [1.54, 1.807) is 10.4 Å². The molecule has 0 unspecified atom stereocenters. The first kappa shape index (κ1) is 16.0. The van der Waals surface area contributed by atoms with Gasteiger partial charge in [-0.2, -0.15) is 27.7 Å². The van der Waals surface area contributed by atoms with Gasteiger partial charge in [-0.05, 0) is 24.3 Å². The zero-order chi connectivity index (χ0) is 16.3. The first-order valence-electron chi connectivity index (χ1n) is 5.69. The Morgan fingerprint density at radius 3 is 2.45 bits per heavy atom. The second-order valence-corrected chi connectivity index (χ2v) is 4.44. The number of benzene rings is 1. The zero-order valence-corrected chi connectivity index (χ0v) is 11.3. The van der Waals surface area contributed by atoms with E-state index in [0.29, 0.717) is 11.1 Å². The number of hydrogen-bond acceptors (Lipinski definition) is 3. The van der Waals surface area contributed by atoms with Gasteiger partial charge in [0.05, 0.1) is 0 Å². The second kappa shape index (κ2) is 6.14. The zero-order valence-electron chi connectivity index (χ0n) is 10.6. The third-order valence-corrected chi connectivity index (χ3v) is 2.66. The lowest BCUT2D eigenvalue weighted by Gasteiger charge is -2.01. The summed E-state index contributed by atoms with van der Waals surface area (Å²) >= 11 is 5.64. The van der Waals surface area contributed by atoms with Gasteiger partial charge in [-0.1, -0.05) is 11.6 Å². The molecule has 0 aliphatic heterocycles. The predicted octanol–water partition coefficient (Wildman–Crippen LogP) is 3.47. The number of carbonyl (C=O) groups excluding carboxylic acids is 1. The number of amides is 1. The predicted molar refractivity (Wildman–Crippen MR) is 70.7 cm³/mol. The van der Waals surface area contributed by atoms with Crippen molar-refractivity contribution >= 4 is 29.4 Å². The minimum atomic E-state index is -4.65. The quantitative estimate of drug-likeness (QED) is 0.382. The monoisotopic (exact) mass is 334 g/mol. The standard InChI is InChI=1S/C12H7ClF4N4O/c13-7-3-1-6(2-4-7)10(22)19-11(14)18-9-5-8(20-21-9)12(15,16)17/h1-5H,(H2,18,19,20,21,22). The number of rotatable bonds is 2. The number of aromatic nitrogens is 2. The molecule has 0 fully saturated rings. The summed E-state index contributed by atoms with van der Waals surface area (Å²) in [7, 11) is 0. The molecule has 116 valence electrons. The maximum absolute atomic E-state index is 13.5. The van der Waals surface area contributed by atoms with E-state index in [2.05, 4.69) is 10.1 Å². The van der Waals surface area contributed by atoms with Crippen LogP contribution in [0.15, 0.2) is 35.3 Å². The van der Waals surface area contributed by atoms with E-state index in [1.165, 1.54) is 24.3 Å². The Morgan fingerprint density at radius 1 is 1.27 bits per heavy atom. The summed E-state index contributed by atoms with van der Waals surface area (Å²) in [6.07, 6.45) is -6.04. The minimum absolute atomic E-state index is 0.104. The number of H-pyrrole nitrogens is 1. The van der Waals surface area contributed by atoms with Crippen molar-refractivity contribution in [2.75, 3.05) is 0 Å². The molecule has 0 atom stereocenters. The fourth-order valence-corrected chi connectivity index (χ4v) is 1.54. The average molecular weight is 335 g/mol. The fourth-order valence-electron chi connectivity index (χ4n) is 1.41. The maximum atomic E-state index is 13.5. The van der Waals surface area contributed by atoms with Gasteiger partial charge < -0.3 is 0 Å². The van der Waals surface area contributed by atoms with Gasteiger partial charge >= 0.3 is 6.18 Å². The maximum Gasteiger partial charge on any atom is 0.432 e. The van der Waals surface area contributed by atoms with Crippen molar-refractivity contribution in [3.05, 3.63) is 46.6 Å². The number of halogens is 5. The fraction of sp³-hybridized carbons (Fsp3) is 0.0833. The highest BCUT2D eigenvalue weighted by Gasteiger charge is 2.33. The molecule has 2 N–H and O–H groups in total. The molecule has 22 heavy (non-hydrogen) atoms. The van der Waals surface area contributed by atoms with Crippen molar-refractivity contribution in [3.63, 3.8) is 0 Å². The highest BCUT2D eigenvalue weighted by atomic mass is 35.5. The highest BCUT2D eigenvalue weighted by Crippen LogP contribution is 2.29. The van der Waals surface area contributed by atoms with Crippen molar-refractivity contribution in [2.45, 2.75) is 6.18 Å². The lowest BCUT2D eigenvalue weighted by molar-refractivity contribution is -0.141. The SMILES string of the molecule is O=C(NC(F)=Nc1cc(C(F)(F)F)[nH]n1)c1ccc(Cl)cc1. The molecule has 0 saturated carbocycles. The summed E-state index contributed by atoms with van der Waals surface area (Å²) < 4.78 is 50.4. The number of alkyl halides is 3. The molecule has 10 heteroatoms. The van der Waals surface area contributed by atoms with Gasteiger partial charge in [-0.25, -0.2) is 0 Å². The van der Waals surface area contributed by atoms with E-state index in [0.717, 1.165) is 0 Å². The summed E-state index contributed by atoms with van der Waals surface area (Å²) in [5, 5.41) is 7.01. The number of amidine groups is 1. The van der Waals surface area contributed by atoms with Gasteiger partial charge in [-0.15, -0.1) is 0 Å². The minimum Gasteiger partial charge on any atom is -0.282 e. The first-order valence-corrected chi connectivity index (χ1v) is 6.07. The molecule has 1 heterocycles. The summed E-state index contributed by atoms with van der Waals surface area (Å²) in [5.74, 6) is -1.38. The highest BCUT2D eigenvalue weighted by molar-refractivity contribution is 6.30. The summed E-state index contributed by atoms with van der Waals surface area (Å²) in [4.78, 5) is 14.8. The molecule has 1 aromatic carbocycles. The van der Waals surface area contributed by atoms with Gasteiger partial charge in [0.15, 0.2) is 5.82 Å². The summed E-state index contributed by atoms with van der Waals surface area (Å²) in [6.45, 7) is 0. The topological polar surface area (TPSA) is 70.1 Å². The van der Waals surface area contributed by atoms with Gasteiger partial charge in [0.25, 0.3) is 12.0 Å². The van der Waals surface area contributed by atoms with Gasteiger partial charge in [0, 0.05) is 16.7 Å². The van der Waals surface area contributed by atoms with Crippen LogP contribution in [0, 0.1) is 0 Å². The number of aromatic amines is 1. The normalized spacial score (nSPS) is 12.3. The van der Waals surface area contributed by atoms with Gasteiger partial charge in [-0.3, -0.25) is 15.2 Å². The van der Waals surface area contributed by atoms with Crippen LogP contribution in [0.3, 0.4) is 0 Å². The molecule has 1 aromatic heterocycles. The van der Waals surface area contributed by atoms with Gasteiger partial charge in [0.2, 0.25) is 0 Å². The van der Waals surface area contributed by atoms with E-state index in [9.17, 15) is 22.4 Å². The van der Waals surface area contributed by atoms with Crippen LogP contribution in [0.2, 0.25) is 5.02 Å². The van der Waals surface area contributed by atoms with Crippen LogP contribution in [0.5, 0.6) is 0 Å². The number of hydrogen-bond donors (Lipinski definition) is 2. The Labute approximate surface area is 126 Å². The molecule has 0 spiro atoms. The van der Waals surface area contributed by atoms with Crippen LogP contribution in [0.4, 0.5) is 23.4 Å². The van der Waals surface area contributed by atoms with Crippen LogP contribution in [0.25, 0.3) is 0 Å². The smallest absolute Gasteiger partial charge is 0.282 e. The van der Waals surface area contributed by atoms with Crippen molar-refractivity contribution in [1.82, 2.24) is 15.5 Å². The summed E-state index contributed by atoms with van der Waals surface area (Å²) in [6, 6.07) is 6.06. The molecule has 2 aromatic rings. The van der Waals surface area contributed by atoms with Crippen LogP contribution in [-0.4, -0.2) is 22.2 Å². The Balaban J connectivity index is 2.08. The average Bonchev–Trinajstić information content (AvgIpc) is 2.87. The van der Waals surface area contributed by atoms with Crippen molar-refractivity contribution in [3.8, 4) is 0 Å². The lowest BCUT2D eigenvalue weighted by Crippen LogP contribution is -2.27. The van der Waals surface area contributed by atoms with E-state index in [-0.39, 0.29) is 5.56 Å². The molecule has 2 rings (SSSR count). The molecular formula is C12H7ClF4N4O. The van der Waals surface area contributed by atoms with Gasteiger partial charge in [0.1, 0.15) is 5.69 Å². The largest absolute Gasteiger partial charge is 0.432 e. The number of aliphatic imine (C=N–C) groups is 1. The van der Waals surface area contributed by atoms with Crippen LogP contribution in [0.1, 0.15) is 16.1 Å².